The number of aryl methyl sites for hydroxylation is 1. The van der Waals surface area contributed by atoms with Gasteiger partial charge in [-0.25, -0.2) is 0 Å². The maximum atomic E-state index is 12.3. The second-order valence-electron chi connectivity index (χ2n) is 4.08. The lowest BCUT2D eigenvalue weighted by molar-refractivity contribution is 0.0967. The Morgan fingerprint density at radius 2 is 2.11 bits per heavy atom. The van der Waals surface area contributed by atoms with Gasteiger partial charge in [-0.2, -0.15) is 0 Å². The first-order valence-corrected chi connectivity index (χ1v) is 6.91. The number of Topliss-reactive ketones (excluding diaryl/α,β-unsaturated/α-hetero) is 1. The minimum Gasteiger partial charge on any atom is -0.493 e. The number of para-hydroxylation sites is 1. The standard InChI is InChI=1S/C14H15NO3S/c1-3-18-13-7-5-4-6-11(13)12(16)8-15-10(2)9-19-14(15)17/h4-7,9H,3,8H2,1-2H3. The third-order valence-corrected chi connectivity index (χ3v) is 3.65. The number of hydrogen-bond donors (Lipinski definition) is 0. The summed E-state index contributed by atoms with van der Waals surface area (Å²) in [6.07, 6.45) is 0. The van der Waals surface area contributed by atoms with E-state index in [-0.39, 0.29) is 17.2 Å². The summed E-state index contributed by atoms with van der Waals surface area (Å²) in [5.41, 5.74) is 1.32. The van der Waals surface area contributed by atoms with Gasteiger partial charge in [0.15, 0.2) is 5.78 Å². The van der Waals surface area contributed by atoms with E-state index in [0.29, 0.717) is 17.9 Å². The second-order valence-corrected chi connectivity index (χ2v) is 4.90. The number of ether oxygens (including phenoxy) is 1. The molecular formula is C14H15NO3S. The average molecular weight is 277 g/mol. The summed E-state index contributed by atoms with van der Waals surface area (Å²) in [4.78, 5) is 23.8. The Morgan fingerprint density at radius 1 is 1.37 bits per heavy atom. The van der Waals surface area contributed by atoms with Crippen molar-refractivity contribution in [2.75, 3.05) is 6.61 Å². The van der Waals surface area contributed by atoms with Crippen LogP contribution < -0.4 is 9.61 Å². The highest BCUT2D eigenvalue weighted by atomic mass is 32.1. The first-order valence-electron chi connectivity index (χ1n) is 6.03. The molecule has 0 radical (unpaired) electrons. The van der Waals surface area contributed by atoms with Crippen LogP contribution in [0.4, 0.5) is 0 Å². The van der Waals surface area contributed by atoms with Gasteiger partial charge in [-0.15, -0.1) is 0 Å². The molecule has 2 aromatic rings. The largest absolute Gasteiger partial charge is 0.493 e. The minimum absolute atomic E-state index is 0.0538. The summed E-state index contributed by atoms with van der Waals surface area (Å²) >= 11 is 1.11. The van der Waals surface area contributed by atoms with Gasteiger partial charge in [0, 0.05) is 11.1 Å². The van der Waals surface area contributed by atoms with E-state index in [1.165, 1.54) is 4.57 Å². The molecule has 2 rings (SSSR count). The summed E-state index contributed by atoms with van der Waals surface area (Å²) in [5.74, 6) is 0.448. The molecule has 0 aliphatic heterocycles. The lowest BCUT2D eigenvalue weighted by atomic mass is 10.1. The summed E-state index contributed by atoms with van der Waals surface area (Å²) in [7, 11) is 0. The number of ketones is 1. The van der Waals surface area contributed by atoms with Crippen LogP contribution in [-0.2, 0) is 6.54 Å². The molecule has 0 saturated carbocycles. The number of nitrogens with zero attached hydrogens (tertiary/aromatic N) is 1. The zero-order valence-corrected chi connectivity index (χ0v) is 11.7. The van der Waals surface area contributed by atoms with Gasteiger partial charge in [0.05, 0.1) is 18.7 Å². The van der Waals surface area contributed by atoms with Crippen LogP contribution in [0.15, 0.2) is 34.4 Å². The van der Waals surface area contributed by atoms with Crippen LogP contribution in [0.5, 0.6) is 5.75 Å². The van der Waals surface area contributed by atoms with Gasteiger partial charge in [0.2, 0.25) is 0 Å². The molecule has 0 spiro atoms. The van der Waals surface area contributed by atoms with Crippen LogP contribution >= 0.6 is 11.3 Å². The number of hydrogen-bond acceptors (Lipinski definition) is 4. The fourth-order valence-corrected chi connectivity index (χ4v) is 2.54. The van der Waals surface area contributed by atoms with Gasteiger partial charge in [0.1, 0.15) is 5.75 Å². The van der Waals surface area contributed by atoms with Crippen LogP contribution in [0.1, 0.15) is 23.0 Å². The SMILES string of the molecule is CCOc1ccccc1C(=O)Cn1c(C)csc1=O. The van der Waals surface area contributed by atoms with Gasteiger partial charge in [-0.05, 0) is 26.0 Å². The van der Waals surface area contributed by atoms with E-state index >= 15 is 0 Å². The highest BCUT2D eigenvalue weighted by Gasteiger charge is 2.14. The Morgan fingerprint density at radius 3 is 2.74 bits per heavy atom. The summed E-state index contributed by atoms with van der Waals surface area (Å²) in [5, 5.41) is 1.75. The van der Waals surface area contributed by atoms with E-state index in [0.717, 1.165) is 17.0 Å². The van der Waals surface area contributed by atoms with Crippen LogP contribution in [0, 0.1) is 6.92 Å². The number of benzene rings is 1. The summed E-state index contributed by atoms with van der Waals surface area (Å²) in [6.45, 7) is 4.24. The van der Waals surface area contributed by atoms with E-state index in [1.54, 1.807) is 23.6 Å². The van der Waals surface area contributed by atoms with Crippen molar-refractivity contribution in [2.24, 2.45) is 0 Å². The number of rotatable bonds is 5. The molecule has 1 heterocycles. The minimum atomic E-state index is -0.118. The van der Waals surface area contributed by atoms with Gasteiger partial charge < -0.3 is 4.74 Å². The Bertz CT molecular complexity index is 642. The second kappa shape index (κ2) is 5.84. The van der Waals surface area contributed by atoms with Crippen molar-refractivity contribution in [1.82, 2.24) is 4.57 Å². The summed E-state index contributed by atoms with van der Waals surface area (Å²) in [6, 6.07) is 7.10. The highest BCUT2D eigenvalue weighted by Crippen LogP contribution is 2.19. The molecule has 1 aromatic heterocycles. The molecule has 0 unspecified atom stereocenters. The molecule has 0 saturated heterocycles. The van der Waals surface area contributed by atoms with Gasteiger partial charge in [-0.3, -0.25) is 14.2 Å². The first kappa shape index (κ1) is 13.5. The lowest BCUT2D eigenvalue weighted by Crippen LogP contribution is -2.21. The molecule has 0 aliphatic carbocycles. The first-order chi connectivity index (χ1) is 9.13. The topological polar surface area (TPSA) is 48.3 Å². The molecule has 19 heavy (non-hydrogen) atoms. The van der Waals surface area contributed by atoms with Crippen molar-refractivity contribution in [3.05, 3.63) is 50.6 Å². The molecule has 1 aromatic carbocycles. The highest BCUT2D eigenvalue weighted by molar-refractivity contribution is 7.07. The fourth-order valence-electron chi connectivity index (χ4n) is 1.80. The zero-order chi connectivity index (χ0) is 13.8. The molecule has 0 bridgehead atoms. The van der Waals surface area contributed by atoms with Crippen LogP contribution in [-0.4, -0.2) is 17.0 Å². The van der Waals surface area contributed by atoms with E-state index in [1.807, 2.05) is 19.9 Å². The Balaban J connectivity index is 2.28. The normalized spacial score (nSPS) is 10.4. The Hall–Kier alpha value is -1.88. The average Bonchev–Trinajstić information content (AvgIpc) is 2.71. The Labute approximate surface area is 115 Å². The van der Waals surface area contributed by atoms with Crippen LogP contribution in [0.25, 0.3) is 0 Å². The van der Waals surface area contributed by atoms with Crippen LogP contribution in [0.2, 0.25) is 0 Å². The van der Waals surface area contributed by atoms with E-state index < -0.39 is 0 Å². The molecule has 0 amide bonds. The van der Waals surface area contributed by atoms with E-state index in [4.69, 9.17) is 4.74 Å². The molecular weight excluding hydrogens is 262 g/mol. The molecule has 0 N–H and O–H groups in total. The van der Waals surface area contributed by atoms with Gasteiger partial charge >= 0.3 is 4.87 Å². The van der Waals surface area contributed by atoms with Crippen molar-refractivity contribution in [3.8, 4) is 5.75 Å². The third kappa shape index (κ3) is 2.93. The number of aromatic nitrogens is 1. The van der Waals surface area contributed by atoms with Crippen molar-refractivity contribution in [1.29, 1.82) is 0 Å². The molecule has 0 fully saturated rings. The van der Waals surface area contributed by atoms with Crippen molar-refractivity contribution >= 4 is 17.1 Å². The molecule has 5 heteroatoms. The predicted octanol–water partition coefficient (Wildman–Crippen LogP) is 2.50. The monoisotopic (exact) mass is 277 g/mol. The molecule has 100 valence electrons. The fraction of sp³-hybridized carbons (Fsp3) is 0.286. The smallest absolute Gasteiger partial charge is 0.307 e. The zero-order valence-electron chi connectivity index (χ0n) is 10.9. The maximum Gasteiger partial charge on any atom is 0.307 e. The predicted molar refractivity (Wildman–Crippen MR) is 75.3 cm³/mol. The van der Waals surface area contributed by atoms with Gasteiger partial charge in [0.25, 0.3) is 0 Å². The molecule has 0 atom stereocenters. The van der Waals surface area contributed by atoms with E-state index in [2.05, 4.69) is 0 Å². The number of carbonyl (C=O) groups excluding carboxylic acids is 1. The van der Waals surface area contributed by atoms with Gasteiger partial charge in [-0.1, -0.05) is 23.5 Å². The van der Waals surface area contributed by atoms with Crippen molar-refractivity contribution in [3.63, 3.8) is 0 Å². The number of thiazole rings is 1. The third-order valence-electron chi connectivity index (χ3n) is 2.77. The van der Waals surface area contributed by atoms with Crippen molar-refractivity contribution in [2.45, 2.75) is 20.4 Å². The number of carbonyl (C=O) groups is 1. The van der Waals surface area contributed by atoms with Crippen LogP contribution in [0.3, 0.4) is 0 Å². The Kier molecular flexibility index (Phi) is 4.16. The lowest BCUT2D eigenvalue weighted by Gasteiger charge is -2.09. The quantitative estimate of drug-likeness (QED) is 0.789. The maximum absolute atomic E-state index is 12.3. The summed E-state index contributed by atoms with van der Waals surface area (Å²) < 4.78 is 6.91. The van der Waals surface area contributed by atoms with E-state index in [9.17, 15) is 9.59 Å². The van der Waals surface area contributed by atoms with Crippen molar-refractivity contribution < 1.29 is 9.53 Å². The molecule has 4 nitrogen and oxygen atoms in total. The molecule has 0 aliphatic rings.